The molecule has 0 aliphatic rings. The predicted octanol–water partition coefficient (Wildman–Crippen LogP) is 2.07. The average Bonchev–Trinajstić information content (AvgIpc) is 2.78. The molecule has 0 atom stereocenters. The Morgan fingerprint density at radius 1 is 1.30 bits per heavy atom. The third-order valence-corrected chi connectivity index (χ3v) is 2.66. The fourth-order valence-electron chi connectivity index (χ4n) is 1.64. The number of hydrogen-bond donors (Lipinski definition) is 0. The lowest BCUT2D eigenvalue weighted by Crippen LogP contribution is -2.12. The Hall–Kier alpha value is -2.38. The first kappa shape index (κ1) is 14.0. The van der Waals surface area contributed by atoms with Crippen molar-refractivity contribution in [2.45, 2.75) is 6.18 Å². The summed E-state index contributed by atoms with van der Waals surface area (Å²) in [5, 5.41) is 3.85. The number of rotatable bonds is 3. The molecule has 20 heavy (non-hydrogen) atoms. The SMILES string of the molecule is COc1cnn(C)c1C(=O)c1ccc(C(F)(F)F)cn1. The number of nitrogens with zero attached hydrogens (tertiary/aromatic N) is 3. The molecule has 0 saturated heterocycles. The molecule has 0 aliphatic heterocycles. The van der Waals surface area contributed by atoms with Crippen LogP contribution in [0, 0.1) is 0 Å². The van der Waals surface area contributed by atoms with E-state index in [0.717, 1.165) is 12.1 Å². The molecule has 2 heterocycles. The Bertz CT molecular complexity index is 632. The summed E-state index contributed by atoms with van der Waals surface area (Å²) >= 11 is 0. The number of pyridine rings is 1. The van der Waals surface area contributed by atoms with Crippen LogP contribution in [0.2, 0.25) is 0 Å². The van der Waals surface area contributed by atoms with Gasteiger partial charge in [-0.3, -0.25) is 14.5 Å². The first-order valence-electron chi connectivity index (χ1n) is 5.48. The van der Waals surface area contributed by atoms with Crippen molar-refractivity contribution >= 4 is 5.78 Å². The van der Waals surface area contributed by atoms with Crippen molar-refractivity contribution in [2.24, 2.45) is 7.05 Å². The molecule has 0 aromatic carbocycles. The predicted molar refractivity (Wildman–Crippen MR) is 62.4 cm³/mol. The number of halogens is 3. The monoisotopic (exact) mass is 285 g/mol. The second kappa shape index (κ2) is 4.95. The van der Waals surface area contributed by atoms with Gasteiger partial charge in [-0.2, -0.15) is 18.3 Å². The molecule has 8 heteroatoms. The second-order valence-electron chi connectivity index (χ2n) is 3.94. The van der Waals surface area contributed by atoms with Crippen molar-refractivity contribution in [1.29, 1.82) is 0 Å². The smallest absolute Gasteiger partial charge is 0.417 e. The van der Waals surface area contributed by atoms with Gasteiger partial charge in [0.25, 0.3) is 0 Å². The number of ether oxygens (including phenoxy) is 1. The number of carbonyl (C=O) groups excluding carboxylic acids is 1. The standard InChI is InChI=1S/C12H10F3N3O2/c1-18-10(9(20-2)6-17-18)11(19)8-4-3-7(5-16-8)12(13,14)15/h3-6H,1-2H3. The van der Waals surface area contributed by atoms with Crippen LogP contribution in [-0.4, -0.2) is 27.7 Å². The molecule has 0 aliphatic carbocycles. The Kier molecular flexibility index (Phi) is 3.47. The van der Waals surface area contributed by atoms with Gasteiger partial charge in [0.15, 0.2) is 11.4 Å². The molecular formula is C12H10F3N3O2. The highest BCUT2D eigenvalue weighted by Crippen LogP contribution is 2.29. The zero-order valence-corrected chi connectivity index (χ0v) is 10.6. The summed E-state index contributed by atoms with van der Waals surface area (Å²) in [6, 6.07) is 1.83. The van der Waals surface area contributed by atoms with Crippen LogP contribution in [0.25, 0.3) is 0 Å². The number of alkyl halides is 3. The summed E-state index contributed by atoms with van der Waals surface area (Å²) < 4.78 is 43.5. The molecule has 106 valence electrons. The van der Waals surface area contributed by atoms with Gasteiger partial charge in [-0.1, -0.05) is 0 Å². The van der Waals surface area contributed by atoms with Crippen LogP contribution in [0.1, 0.15) is 21.7 Å². The minimum absolute atomic E-state index is 0.111. The highest BCUT2D eigenvalue weighted by Gasteiger charge is 2.31. The minimum atomic E-state index is -4.49. The van der Waals surface area contributed by atoms with E-state index in [1.807, 2.05) is 0 Å². The normalized spacial score (nSPS) is 11.4. The maximum atomic E-state index is 12.4. The van der Waals surface area contributed by atoms with E-state index >= 15 is 0 Å². The largest absolute Gasteiger partial charge is 0.493 e. The van der Waals surface area contributed by atoms with Gasteiger partial charge in [0.1, 0.15) is 5.69 Å². The van der Waals surface area contributed by atoms with Gasteiger partial charge in [0, 0.05) is 13.2 Å². The molecule has 0 bridgehead atoms. The maximum Gasteiger partial charge on any atom is 0.417 e. The number of carbonyl (C=O) groups is 1. The number of ketones is 1. The zero-order valence-electron chi connectivity index (χ0n) is 10.6. The van der Waals surface area contributed by atoms with Crippen LogP contribution >= 0.6 is 0 Å². The lowest BCUT2D eigenvalue weighted by Gasteiger charge is -2.07. The van der Waals surface area contributed by atoms with E-state index in [-0.39, 0.29) is 17.1 Å². The Morgan fingerprint density at radius 2 is 2.00 bits per heavy atom. The molecular weight excluding hydrogens is 275 g/mol. The molecule has 2 rings (SSSR count). The van der Waals surface area contributed by atoms with Gasteiger partial charge in [0.2, 0.25) is 5.78 Å². The van der Waals surface area contributed by atoms with Gasteiger partial charge in [-0.05, 0) is 12.1 Å². The average molecular weight is 285 g/mol. The van der Waals surface area contributed by atoms with Gasteiger partial charge in [-0.15, -0.1) is 0 Å². The lowest BCUT2D eigenvalue weighted by molar-refractivity contribution is -0.137. The molecule has 0 amide bonds. The Balaban J connectivity index is 2.37. The van der Waals surface area contributed by atoms with Crippen molar-refractivity contribution in [3.05, 3.63) is 41.5 Å². The summed E-state index contributed by atoms with van der Waals surface area (Å²) in [5.41, 5.74) is -0.898. The van der Waals surface area contributed by atoms with E-state index in [1.54, 1.807) is 0 Å². The third kappa shape index (κ3) is 2.49. The van der Waals surface area contributed by atoms with Crippen LogP contribution in [0.4, 0.5) is 13.2 Å². The summed E-state index contributed by atoms with van der Waals surface area (Å²) in [7, 11) is 2.90. The highest BCUT2D eigenvalue weighted by atomic mass is 19.4. The first-order chi connectivity index (χ1) is 9.34. The summed E-state index contributed by atoms with van der Waals surface area (Å²) in [6.45, 7) is 0. The van der Waals surface area contributed by atoms with Crippen molar-refractivity contribution < 1.29 is 22.7 Å². The van der Waals surface area contributed by atoms with Crippen LogP contribution in [0.15, 0.2) is 24.5 Å². The van der Waals surface area contributed by atoms with Crippen LogP contribution in [-0.2, 0) is 13.2 Å². The number of aromatic nitrogens is 3. The Labute approximate surface area is 112 Å². The van der Waals surface area contributed by atoms with E-state index in [9.17, 15) is 18.0 Å². The highest BCUT2D eigenvalue weighted by molar-refractivity contribution is 6.08. The van der Waals surface area contributed by atoms with E-state index in [1.165, 1.54) is 25.0 Å². The van der Waals surface area contributed by atoms with Crippen molar-refractivity contribution in [2.75, 3.05) is 7.11 Å². The molecule has 0 unspecified atom stereocenters. The molecule has 2 aromatic rings. The fourth-order valence-corrected chi connectivity index (χ4v) is 1.64. The summed E-state index contributed by atoms with van der Waals surface area (Å²) in [5.74, 6) is -0.324. The minimum Gasteiger partial charge on any atom is -0.493 e. The van der Waals surface area contributed by atoms with E-state index < -0.39 is 17.5 Å². The van der Waals surface area contributed by atoms with Gasteiger partial charge in [0.05, 0.1) is 18.9 Å². The Morgan fingerprint density at radius 3 is 2.50 bits per heavy atom. The van der Waals surface area contributed by atoms with Gasteiger partial charge >= 0.3 is 6.18 Å². The van der Waals surface area contributed by atoms with E-state index in [4.69, 9.17) is 4.74 Å². The molecule has 2 aromatic heterocycles. The van der Waals surface area contributed by atoms with Crippen molar-refractivity contribution in [3.8, 4) is 5.75 Å². The topological polar surface area (TPSA) is 57.0 Å². The molecule has 5 nitrogen and oxygen atoms in total. The van der Waals surface area contributed by atoms with Gasteiger partial charge in [-0.25, -0.2) is 0 Å². The first-order valence-corrected chi connectivity index (χ1v) is 5.48. The molecule has 0 saturated carbocycles. The lowest BCUT2D eigenvalue weighted by atomic mass is 10.1. The van der Waals surface area contributed by atoms with Gasteiger partial charge < -0.3 is 4.74 Å². The van der Waals surface area contributed by atoms with Crippen LogP contribution in [0.3, 0.4) is 0 Å². The van der Waals surface area contributed by atoms with E-state index in [2.05, 4.69) is 10.1 Å². The molecule has 0 N–H and O–H groups in total. The van der Waals surface area contributed by atoms with Crippen molar-refractivity contribution in [3.63, 3.8) is 0 Å². The third-order valence-electron chi connectivity index (χ3n) is 2.66. The van der Waals surface area contributed by atoms with Crippen molar-refractivity contribution in [1.82, 2.24) is 14.8 Å². The molecule has 0 radical (unpaired) electrons. The number of hydrogen-bond acceptors (Lipinski definition) is 4. The van der Waals surface area contributed by atoms with E-state index in [0.29, 0.717) is 6.20 Å². The second-order valence-corrected chi connectivity index (χ2v) is 3.94. The molecule has 0 fully saturated rings. The maximum absolute atomic E-state index is 12.4. The number of aryl methyl sites for hydroxylation is 1. The fraction of sp³-hybridized carbons (Fsp3) is 0.250. The summed E-state index contributed by atoms with van der Waals surface area (Å²) in [6.07, 6.45) is -2.52. The zero-order chi connectivity index (χ0) is 14.9. The van der Waals surface area contributed by atoms with Crippen LogP contribution < -0.4 is 4.74 Å². The van der Waals surface area contributed by atoms with Crippen LogP contribution in [0.5, 0.6) is 5.75 Å². The summed E-state index contributed by atoms with van der Waals surface area (Å²) in [4.78, 5) is 15.7. The molecule has 0 spiro atoms. The quantitative estimate of drug-likeness (QED) is 0.810. The number of methoxy groups -OCH3 is 1.